The lowest BCUT2D eigenvalue weighted by Crippen LogP contribution is -2.22. The summed E-state index contributed by atoms with van der Waals surface area (Å²) in [7, 11) is 0. The predicted molar refractivity (Wildman–Crippen MR) is 122 cm³/mol. The summed E-state index contributed by atoms with van der Waals surface area (Å²) >= 11 is 0. The van der Waals surface area contributed by atoms with Gasteiger partial charge in [0.05, 0.1) is 18.5 Å². The summed E-state index contributed by atoms with van der Waals surface area (Å²) in [6, 6.07) is 11.2. The molecule has 2 heterocycles. The zero-order valence-corrected chi connectivity index (χ0v) is 18.8. The number of hydrogen-bond donors (Lipinski definition) is 2. The predicted octanol–water partition coefficient (Wildman–Crippen LogP) is 2.42. The number of nitrogens with one attached hydrogen (secondary N) is 1. The van der Waals surface area contributed by atoms with Gasteiger partial charge < -0.3 is 15.2 Å². The van der Waals surface area contributed by atoms with E-state index >= 15 is 0 Å². The molecule has 35 heavy (non-hydrogen) atoms. The summed E-state index contributed by atoms with van der Waals surface area (Å²) in [6.45, 7) is 4.11. The second-order valence-corrected chi connectivity index (χ2v) is 7.16. The van der Waals surface area contributed by atoms with Crippen molar-refractivity contribution in [2.75, 3.05) is 12.3 Å². The van der Waals surface area contributed by atoms with Crippen LogP contribution in [0.25, 0.3) is 5.82 Å². The molecule has 13 heteroatoms. The van der Waals surface area contributed by atoms with E-state index in [-0.39, 0.29) is 29.8 Å². The number of amides is 1. The highest BCUT2D eigenvalue weighted by Crippen LogP contribution is 2.29. The van der Waals surface area contributed by atoms with Gasteiger partial charge in [0.25, 0.3) is 5.91 Å². The summed E-state index contributed by atoms with van der Waals surface area (Å²) in [4.78, 5) is 12.7. The van der Waals surface area contributed by atoms with Crippen LogP contribution in [0.4, 0.5) is 10.2 Å². The van der Waals surface area contributed by atoms with Crippen LogP contribution in [-0.2, 0) is 6.61 Å². The molecule has 0 atom stereocenters. The van der Waals surface area contributed by atoms with Crippen LogP contribution in [0.5, 0.6) is 11.5 Å². The van der Waals surface area contributed by atoms with Gasteiger partial charge in [0.15, 0.2) is 17.2 Å². The Kier molecular flexibility index (Phi) is 6.95. The Balaban J connectivity index is 1.45. The van der Waals surface area contributed by atoms with Crippen LogP contribution in [0.3, 0.4) is 0 Å². The molecule has 0 aliphatic heterocycles. The normalized spacial score (nSPS) is 11.1. The molecule has 0 unspecified atom stereocenters. The number of aryl methyl sites for hydroxylation is 1. The van der Waals surface area contributed by atoms with Crippen molar-refractivity contribution in [3.05, 3.63) is 70.8 Å². The number of ether oxygens (including phenoxy) is 2. The number of anilines is 1. The highest BCUT2D eigenvalue weighted by Gasteiger charge is 2.22. The molecular weight excluding hydrogens is 459 g/mol. The lowest BCUT2D eigenvalue weighted by Gasteiger charge is -2.12. The van der Waals surface area contributed by atoms with Gasteiger partial charge in [0.1, 0.15) is 12.4 Å². The summed E-state index contributed by atoms with van der Waals surface area (Å²) in [5.41, 5.74) is 9.98. The fraction of sp³-hybridized carbons (Fsp3) is 0.182. The average Bonchev–Trinajstić information content (AvgIpc) is 3.44. The number of rotatable bonds is 9. The quantitative estimate of drug-likeness (QED) is 0.271. The second-order valence-electron chi connectivity index (χ2n) is 7.16. The number of nitrogens with two attached hydrogens (primary N) is 1. The molecule has 4 aromatic rings. The van der Waals surface area contributed by atoms with E-state index in [9.17, 15) is 9.18 Å². The average molecular weight is 480 g/mol. The first-order valence-corrected chi connectivity index (χ1v) is 10.4. The number of hydrogen-bond acceptors (Lipinski definition) is 10. The maximum atomic E-state index is 13.1. The number of carbonyl (C=O) groups excluding carboxylic acids is 1. The fourth-order valence-electron chi connectivity index (χ4n) is 3.06. The van der Waals surface area contributed by atoms with E-state index in [1.165, 1.54) is 18.3 Å². The van der Waals surface area contributed by atoms with Crippen molar-refractivity contribution in [3.8, 4) is 17.3 Å². The first kappa shape index (κ1) is 23.4. The number of benzene rings is 2. The largest absolute Gasteiger partial charge is 0.490 e. The van der Waals surface area contributed by atoms with Crippen LogP contribution in [0.2, 0.25) is 0 Å². The van der Waals surface area contributed by atoms with Gasteiger partial charge in [-0.3, -0.25) is 4.79 Å². The number of nitrogen functional groups attached to an aromatic ring is 1. The number of carbonyl (C=O) groups is 1. The Morgan fingerprint density at radius 1 is 1.20 bits per heavy atom. The van der Waals surface area contributed by atoms with Gasteiger partial charge in [-0.1, -0.05) is 17.3 Å². The molecule has 0 aliphatic carbocycles. The van der Waals surface area contributed by atoms with Crippen molar-refractivity contribution in [1.82, 2.24) is 30.7 Å². The summed E-state index contributed by atoms with van der Waals surface area (Å²) < 4.78 is 30.3. The van der Waals surface area contributed by atoms with Gasteiger partial charge in [-0.05, 0) is 65.6 Å². The Morgan fingerprint density at radius 2 is 2.00 bits per heavy atom. The number of hydrazone groups is 1. The van der Waals surface area contributed by atoms with Crippen LogP contribution in [-0.4, -0.2) is 44.0 Å². The topological polar surface area (TPSA) is 156 Å². The van der Waals surface area contributed by atoms with E-state index in [1.807, 2.05) is 6.92 Å². The zero-order valence-electron chi connectivity index (χ0n) is 18.8. The van der Waals surface area contributed by atoms with Gasteiger partial charge in [0, 0.05) is 0 Å². The van der Waals surface area contributed by atoms with Gasteiger partial charge in [-0.15, -0.1) is 5.10 Å². The number of nitrogens with zero attached hydrogens (tertiary/aromatic N) is 6. The van der Waals surface area contributed by atoms with Crippen molar-refractivity contribution in [2.24, 2.45) is 5.10 Å². The van der Waals surface area contributed by atoms with E-state index < -0.39 is 5.91 Å². The molecule has 180 valence electrons. The molecule has 3 N–H and O–H groups in total. The molecule has 0 fully saturated rings. The van der Waals surface area contributed by atoms with E-state index in [0.717, 1.165) is 10.2 Å². The minimum atomic E-state index is -0.588. The van der Waals surface area contributed by atoms with Gasteiger partial charge in [0.2, 0.25) is 11.6 Å². The van der Waals surface area contributed by atoms with Gasteiger partial charge in [-0.25, -0.2) is 14.4 Å². The Bertz CT molecular complexity index is 1350. The van der Waals surface area contributed by atoms with Crippen LogP contribution < -0.4 is 20.6 Å². The highest BCUT2D eigenvalue weighted by atomic mass is 19.1. The summed E-state index contributed by atoms with van der Waals surface area (Å²) in [5, 5.41) is 18.8. The molecule has 0 aliphatic rings. The third-order valence-electron chi connectivity index (χ3n) is 4.70. The van der Waals surface area contributed by atoms with Crippen molar-refractivity contribution in [1.29, 1.82) is 0 Å². The van der Waals surface area contributed by atoms with Crippen LogP contribution in [0.15, 0.2) is 52.2 Å². The van der Waals surface area contributed by atoms with Crippen molar-refractivity contribution in [3.63, 3.8) is 0 Å². The van der Waals surface area contributed by atoms with Crippen LogP contribution in [0.1, 0.15) is 34.2 Å². The molecule has 2 aromatic heterocycles. The Labute approximate surface area is 198 Å². The zero-order chi connectivity index (χ0) is 24.8. The SMILES string of the molecule is CCOc1cc(C=NNC(=O)c2c(C)nnn2-c2nonc2N)ccc1OCc1ccc(F)cc1. The van der Waals surface area contributed by atoms with E-state index in [4.69, 9.17) is 15.2 Å². The van der Waals surface area contributed by atoms with E-state index in [2.05, 4.69) is 35.8 Å². The van der Waals surface area contributed by atoms with E-state index in [0.29, 0.717) is 29.4 Å². The van der Waals surface area contributed by atoms with Crippen molar-refractivity contribution >= 4 is 17.9 Å². The number of aromatic nitrogens is 5. The third-order valence-corrected chi connectivity index (χ3v) is 4.70. The summed E-state index contributed by atoms with van der Waals surface area (Å²) in [5.74, 6) is 0.110. The minimum absolute atomic E-state index is 0.0392. The summed E-state index contributed by atoms with van der Waals surface area (Å²) in [6.07, 6.45) is 1.44. The molecule has 0 radical (unpaired) electrons. The minimum Gasteiger partial charge on any atom is -0.490 e. The molecule has 12 nitrogen and oxygen atoms in total. The lowest BCUT2D eigenvalue weighted by molar-refractivity contribution is 0.0946. The van der Waals surface area contributed by atoms with Gasteiger partial charge >= 0.3 is 0 Å². The molecular formula is C22H21FN8O4. The molecule has 0 spiro atoms. The van der Waals surface area contributed by atoms with Crippen LogP contribution >= 0.6 is 0 Å². The number of halogens is 1. The smallest absolute Gasteiger partial charge is 0.292 e. The van der Waals surface area contributed by atoms with E-state index in [1.54, 1.807) is 37.3 Å². The molecule has 0 bridgehead atoms. The Morgan fingerprint density at radius 3 is 2.71 bits per heavy atom. The fourth-order valence-corrected chi connectivity index (χ4v) is 3.06. The highest BCUT2D eigenvalue weighted by molar-refractivity contribution is 5.94. The molecule has 0 saturated carbocycles. The maximum absolute atomic E-state index is 13.1. The molecule has 1 amide bonds. The standard InChI is InChI=1S/C22H21FN8O4/c1-3-33-18-10-15(6-9-17(18)34-12-14-4-7-16(23)8-5-14)11-25-27-22(32)19-13(2)26-30-31(19)21-20(24)28-35-29-21/h4-11H,3,12H2,1-2H3,(H2,24,28)(H,27,32). The monoisotopic (exact) mass is 480 g/mol. The van der Waals surface area contributed by atoms with Crippen LogP contribution in [0, 0.1) is 12.7 Å². The first-order chi connectivity index (χ1) is 17.0. The lowest BCUT2D eigenvalue weighted by atomic mass is 10.2. The second kappa shape index (κ2) is 10.4. The maximum Gasteiger partial charge on any atom is 0.292 e. The first-order valence-electron chi connectivity index (χ1n) is 10.4. The molecule has 4 rings (SSSR count). The molecule has 2 aromatic carbocycles. The van der Waals surface area contributed by atoms with Crippen molar-refractivity contribution < 1.29 is 23.3 Å². The third kappa shape index (κ3) is 5.40. The Hall–Kier alpha value is -4.81. The van der Waals surface area contributed by atoms with Gasteiger partial charge in [-0.2, -0.15) is 9.78 Å². The van der Waals surface area contributed by atoms with Crippen molar-refractivity contribution in [2.45, 2.75) is 20.5 Å². The molecule has 0 saturated heterocycles.